The van der Waals surface area contributed by atoms with E-state index in [1.54, 1.807) is 7.11 Å². The van der Waals surface area contributed by atoms with Gasteiger partial charge in [0, 0.05) is 12.8 Å². The molecule has 0 aromatic heterocycles. The van der Waals surface area contributed by atoms with Crippen molar-refractivity contribution in [1.29, 1.82) is 0 Å². The van der Waals surface area contributed by atoms with Crippen molar-refractivity contribution in [3.05, 3.63) is 65.7 Å². The average Bonchev–Trinajstić information content (AvgIpc) is 2.47. The predicted octanol–water partition coefficient (Wildman–Crippen LogP) is 2.43. The Morgan fingerprint density at radius 1 is 1.19 bits per heavy atom. The van der Waals surface area contributed by atoms with Crippen molar-refractivity contribution in [2.24, 2.45) is 5.73 Å². The Labute approximate surface area is 124 Å². The Kier molecular flexibility index (Phi) is 4.60. The van der Waals surface area contributed by atoms with Crippen LogP contribution in [0, 0.1) is 6.92 Å². The quantitative estimate of drug-likeness (QED) is 0.856. The third-order valence-corrected chi connectivity index (χ3v) is 3.42. The van der Waals surface area contributed by atoms with Gasteiger partial charge in [-0.05, 0) is 30.2 Å². The van der Waals surface area contributed by atoms with Gasteiger partial charge in [-0.1, -0.05) is 42.5 Å². The first kappa shape index (κ1) is 15.1. The van der Waals surface area contributed by atoms with Gasteiger partial charge in [-0.3, -0.25) is 4.79 Å². The van der Waals surface area contributed by atoms with E-state index in [9.17, 15) is 4.79 Å². The van der Waals surface area contributed by atoms with Gasteiger partial charge in [0.05, 0.1) is 6.61 Å². The zero-order valence-corrected chi connectivity index (χ0v) is 12.3. The van der Waals surface area contributed by atoms with Crippen LogP contribution in [0.2, 0.25) is 0 Å². The van der Waals surface area contributed by atoms with Gasteiger partial charge in [0.15, 0.2) is 5.54 Å². The number of aryl methyl sites for hydroxylation is 1. The number of ether oxygens (including phenoxy) is 1. The van der Waals surface area contributed by atoms with E-state index in [-0.39, 0.29) is 6.61 Å². The number of hydrogen-bond acceptors (Lipinski definition) is 3. The number of primary amides is 1. The second kappa shape index (κ2) is 6.41. The number of carbonyl (C=O) groups excluding carboxylic acids is 1. The van der Waals surface area contributed by atoms with Crippen molar-refractivity contribution in [2.75, 3.05) is 19.0 Å². The lowest BCUT2D eigenvalue weighted by molar-refractivity contribution is -0.124. The minimum absolute atomic E-state index is 0.153. The maximum absolute atomic E-state index is 12.2. The van der Waals surface area contributed by atoms with Crippen molar-refractivity contribution in [2.45, 2.75) is 12.5 Å². The van der Waals surface area contributed by atoms with E-state index < -0.39 is 11.4 Å². The lowest BCUT2D eigenvalue weighted by Crippen LogP contribution is -2.51. The van der Waals surface area contributed by atoms with E-state index in [0.29, 0.717) is 0 Å². The van der Waals surface area contributed by atoms with Crippen LogP contribution in [0.4, 0.5) is 5.69 Å². The Morgan fingerprint density at radius 3 is 2.48 bits per heavy atom. The van der Waals surface area contributed by atoms with Crippen molar-refractivity contribution >= 4 is 11.6 Å². The summed E-state index contributed by atoms with van der Waals surface area (Å²) in [4.78, 5) is 12.2. The predicted molar refractivity (Wildman–Crippen MR) is 84.0 cm³/mol. The molecular weight excluding hydrogens is 264 g/mol. The highest BCUT2D eigenvalue weighted by Gasteiger charge is 2.38. The number of anilines is 1. The SMILES string of the molecule is COCC(Nc1cccc(C)c1)(C(N)=O)c1ccccc1. The summed E-state index contributed by atoms with van der Waals surface area (Å²) in [6.07, 6.45) is 0. The van der Waals surface area contributed by atoms with E-state index in [1.165, 1.54) is 0 Å². The van der Waals surface area contributed by atoms with Crippen LogP contribution >= 0.6 is 0 Å². The number of nitrogens with two attached hydrogens (primary N) is 1. The van der Waals surface area contributed by atoms with Crippen LogP contribution in [-0.2, 0) is 15.1 Å². The minimum Gasteiger partial charge on any atom is -0.381 e. The molecule has 1 amide bonds. The number of nitrogens with one attached hydrogen (secondary N) is 1. The van der Waals surface area contributed by atoms with Gasteiger partial charge < -0.3 is 15.8 Å². The second-order valence-corrected chi connectivity index (χ2v) is 5.06. The van der Waals surface area contributed by atoms with E-state index in [1.807, 2.05) is 61.5 Å². The highest BCUT2D eigenvalue weighted by molar-refractivity contribution is 5.89. The van der Waals surface area contributed by atoms with Crippen molar-refractivity contribution in [3.63, 3.8) is 0 Å². The zero-order valence-electron chi connectivity index (χ0n) is 12.3. The molecule has 0 spiro atoms. The van der Waals surface area contributed by atoms with E-state index >= 15 is 0 Å². The molecule has 4 heteroatoms. The lowest BCUT2D eigenvalue weighted by Gasteiger charge is -2.32. The molecule has 0 saturated heterocycles. The molecule has 21 heavy (non-hydrogen) atoms. The topological polar surface area (TPSA) is 64.3 Å². The summed E-state index contributed by atoms with van der Waals surface area (Å²) < 4.78 is 5.26. The molecule has 4 nitrogen and oxygen atoms in total. The normalized spacial score (nSPS) is 13.4. The molecule has 1 atom stereocenters. The molecule has 0 fully saturated rings. The molecule has 2 rings (SSSR count). The number of amides is 1. The van der Waals surface area contributed by atoms with Crippen LogP contribution < -0.4 is 11.1 Å². The van der Waals surface area contributed by atoms with Crippen molar-refractivity contribution in [3.8, 4) is 0 Å². The van der Waals surface area contributed by atoms with Gasteiger partial charge in [0.25, 0.3) is 0 Å². The summed E-state index contributed by atoms with van der Waals surface area (Å²) in [6, 6.07) is 17.2. The van der Waals surface area contributed by atoms with Crippen molar-refractivity contribution in [1.82, 2.24) is 0 Å². The second-order valence-electron chi connectivity index (χ2n) is 5.06. The van der Waals surface area contributed by atoms with Crippen LogP contribution in [0.5, 0.6) is 0 Å². The van der Waals surface area contributed by atoms with Gasteiger partial charge in [0.2, 0.25) is 5.91 Å². The molecule has 0 aliphatic heterocycles. The van der Waals surface area contributed by atoms with Crippen LogP contribution in [0.1, 0.15) is 11.1 Å². The standard InChI is InChI=1S/C17H20N2O2/c1-13-7-6-10-15(11-13)19-17(12-21-2,16(18)20)14-8-4-3-5-9-14/h3-11,19H,12H2,1-2H3,(H2,18,20). The smallest absolute Gasteiger partial charge is 0.250 e. The molecule has 0 heterocycles. The Balaban J connectivity index is 2.47. The molecule has 110 valence electrons. The van der Waals surface area contributed by atoms with Crippen LogP contribution in [0.3, 0.4) is 0 Å². The van der Waals surface area contributed by atoms with E-state index in [2.05, 4.69) is 5.32 Å². The maximum atomic E-state index is 12.2. The molecule has 0 aliphatic carbocycles. The highest BCUT2D eigenvalue weighted by Crippen LogP contribution is 2.27. The highest BCUT2D eigenvalue weighted by atomic mass is 16.5. The summed E-state index contributed by atoms with van der Waals surface area (Å²) in [6.45, 7) is 2.15. The fourth-order valence-electron chi connectivity index (χ4n) is 2.37. The third kappa shape index (κ3) is 3.23. The number of benzene rings is 2. The van der Waals surface area contributed by atoms with Gasteiger partial charge in [0.1, 0.15) is 0 Å². The Hall–Kier alpha value is -2.33. The number of carbonyl (C=O) groups is 1. The van der Waals surface area contributed by atoms with Crippen LogP contribution in [0.25, 0.3) is 0 Å². The molecule has 2 aromatic carbocycles. The first-order valence-electron chi connectivity index (χ1n) is 6.78. The summed E-state index contributed by atoms with van der Waals surface area (Å²) in [5, 5.41) is 3.25. The lowest BCUT2D eigenvalue weighted by atomic mass is 9.89. The average molecular weight is 284 g/mol. The first-order chi connectivity index (χ1) is 10.1. The van der Waals surface area contributed by atoms with Crippen LogP contribution in [0.15, 0.2) is 54.6 Å². The fourth-order valence-corrected chi connectivity index (χ4v) is 2.37. The molecule has 2 aromatic rings. The fraction of sp³-hybridized carbons (Fsp3) is 0.235. The van der Waals surface area contributed by atoms with Gasteiger partial charge in [-0.25, -0.2) is 0 Å². The van der Waals surface area contributed by atoms with Crippen LogP contribution in [-0.4, -0.2) is 19.6 Å². The molecule has 3 N–H and O–H groups in total. The van der Waals surface area contributed by atoms with E-state index in [0.717, 1.165) is 16.8 Å². The van der Waals surface area contributed by atoms with E-state index in [4.69, 9.17) is 10.5 Å². The summed E-state index contributed by atoms with van der Waals surface area (Å²) in [5.41, 5.74) is 7.31. The van der Waals surface area contributed by atoms with Gasteiger partial charge in [-0.15, -0.1) is 0 Å². The van der Waals surface area contributed by atoms with Crippen molar-refractivity contribution < 1.29 is 9.53 Å². The monoisotopic (exact) mass is 284 g/mol. The minimum atomic E-state index is -1.09. The molecular formula is C17H20N2O2. The summed E-state index contributed by atoms with van der Waals surface area (Å²) in [7, 11) is 1.55. The number of hydrogen-bond donors (Lipinski definition) is 2. The molecule has 0 radical (unpaired) electrons. The molecule has 0 saturated carbocycles. The Morgan fingerprint density at radius 2 is 1.90 bits per heavy atom. The zero-order chi connectivity index (χ0) is 15.3. The first-order valence-corrected chi connectivity index (χ1v) is 6.78. The number of methoxy groups -OCH3 is 1. The summed E-state index contributed by atoms with van der Waals surface area (Å²) >= 11 is 0. The Bertz CT molecular complexity index is 613. The number of rotatable bonds is 6. The third-order valence-electron chi connectivity index (χ3n) is 3.42. The largest absolute Gasteiger partial charge is 0.381 e. The maximum Gasteiger partial charge on any atom is 0.250 e. The molecule has 0 bridgehead atoms. The van der Waals surface area contributed by atoms with Gasteiger partial charge >= 0.3 is 0 Å². The van der Waals surface area contributed by atoms with Gasteiger partial charge in [-0.2, -0.15) is 0 Å². The molecule has 0 aliphatic rings. The molecule has 1 unspecified atom stereocenters. The summed E-state index contributed by atoms with van der Waals surface area (Å²) in [5.74, 6) is -0.475.